The molecule has 1 aliphatic rings. The van der Waals surface area contributed by atoms with Crippen LogP contribution in [0.25, 0.3) is 6.08 Å². The lowest BCUT2D eigenvalue weighted by molar-refractivity contribution is -0.122. The normalized spacial score (nSPS) is 18.2. The Labute approximate surface area is 110 Å². The van der Waals surface area contributed by atoms with Crippen LogP contribution in [-0.2, 0) is 4.79 Å². The molecule has 1 aliphatic heterocycles. The maximum atomic E-state index is 12.0. The summed E-state index contributed by atoms with van der Waals surface area (Å²) in [6.45, 7) is 2.72. The number of hydrogen-bond donors (Lipinski definition) is 0. The van der Waals surface area contributed by atoms with Crippen LogP contribution in [-0.4, -0.2) is 26.7 Å². The van der Waals surface area contributed by atoms with Crippen molar-refractivity contribution in [3.8, 4) is 0 Å². The first-order chi connectivity index (χ1) is 8.22. The van der Waals surface area contributed by atoms with Gasteiger partial charge in [0.15, 0.2) is 0 Å². The van der Waals surface area contributed by atoms with E-state index < -0.39 is 0 Å². The van der Waals surface area contributed by atoms with Crippen molar-refractivity contribution in [1.29, 1.82) is 0 Å². The van der Waals surface area contributed by atoms with Gasteiger partial charge in [-0.3, -0.25) is 14.7 Å². The van der Waals surface area contributed by atoms with Crippen molar-refractivity contribution in [1.82, 2.24) is 9.88 Å². The van der Waals surface area contributed by atoms with Crippen LogP contribution in [0.3, 0.4) is 0 Å². The molecule has 0 aromatic carbocycles. The third-order valence-electron chi connectivity index (χ3n) is 2.30. The fraction of sp³-hybridized carbons (Fsp3) is 0.250. The van der Waals surface area contributed by atoms with E-state index in [4.69, 9.17) is 12.2 Å². The minimum absolute atomic E-state index is 0.00528. The molecule has 0 N–H and O–H groups in total. The molecule has 0 unspecified atom stereocenters. The molecule has 0 aliphatic carbocycles. The zero-order valence-electron chi connectivity index (χ0n) is 9.42. The molecule has 1 aromatic rings. The molecule has 1 amide bonds. The largest absolute Gasteiger partial charge is 0.293 e. The Morgan fingerprint density at radius 2 is 2.41 bits per heavy atom. The van der Waals surface area contributed by atoms with E-state index >= 15 is 0 Å². The van der Waals surface area contributed by atoms with E-state index in [1.807, 2.05) is 25.1 Å². The first-order valence-electron chi connectivity index (χ1n) is 5.37. The topological polar surface area (TPSA) is 33.2 Å². The highest BCUT2D eigenvalue weighted by atomic mass is 32.2. The Balaban J connectivity index is 2.22. The minimum Gasteiger partial charge on any atom is -0.293 e. The van der Waals surface area contributed by atoms with Gasteiger partial charge in [0.25, 0.3) is 5.91 Å². The van der Waals surface area contributed by atoms with Crippen LogP contribution >= 0.6 is 24.0 Å². The second kappa shape index (κ2) is 5.42. The summed E-state index contributed by atoms with van der Waals surface area (Å²) in [5.41, 5.74) is 0.921. The fourth-order valence-corrected chi connectivity index (χ4v) is 2.84. The average Bonchev–Trinajstić information content (AvgIpc) is 2.59. The molecule has 0 spiro atoms. The predicted molar refractivity (Wildman–Crippen MR) is 74.4 cm³/mol. The number of thioether (sulfide) groups is 1. The van der Waals surface area contributed by atoms with Gasteiger partial charge in [-0.15, -0.1) is 0 Å². The summed E-state index contributed by atoms with van der Waals surface area (Å²) in [6.07, 6.45) is 6.18. The lowest BCUT2D eigenvalue weighted by atomic mass is 10.2. The van der Waals surface area contributed by atoms with Gasteiger partial charge in [0, 0.05) is 18.9 Å². The summed E-state index contributed by atoms with van der Waals surface area (Å²) in [6, 6.07) is 3.76. The Morgan fingerprint density at radius 1 is 1.59 bits per heavy atom. The molecule has 0 saturated carbocycles. The van der Waals surface area contributed by atoms with Crippen LogP contribution in [0.15, 0.2) is 29.4 Å². The highest BCUT2D eigenvalue weighted by Gasteiger charge is 2.30. The summed E-state index contributed by atoms with van der Waals surface area (Å²) >= 11 is 6.55. The predicted octanol–water partition coefficient (Wildman–Crippen LogP) is 2.69. The van der Waals surface area contributed by atoms with Crippen LogP contribution in [0, 0.1) is 0 Å². The van der Waals surface area contributed by atoms with Crippen LogP contribution in [0.1, 0.15) is 18.9 Å². The van der Waals surface area contributed by atoms with Crippen molar-refractivity contribution in [2.24, 2.45) is 0 Å². The summed E-state index contributed by atoms with van der Waals surface area (Å²) in [5, 5.41) is 0. The summed E-state index contributed by atoms with van der Waals surface area (Å²) in [5.74, 6) is 0.00528. The quantitative estimate of drug-likeness (QED) is 0.621. The van der Waals surface area contributed by atoms with Crippen molar-refractivity contribution in [3.05, 3.63) is 35.0 Å². The lowest BCUT2D eigenvalue weighted by Crippen LogP contribution is -2.28. The molecule has 0 radical (unpaired) electrons. The Bertz CT molecular complexity index is 471. The zero-order chi connectivity index (χ0) is 12.3. The molecule has 5 heteroatoms. The fourth-order valence-electron chi connectivity index (χ4n) is 1.53. The van der Waals surface area contributed by atoms with Crippen molar-refractivity contribution in [2.45, 2.75) is 13.3 Å². The van der Waals surface area contributed by atoms with E-state index in [-0.39, 0.29) is 5.91 Å². The number of thiocarbonyl (C=S) groups is 1. The Morgan fingerprint density at radius 3 is 3.06 bits per heavy atom. The summed E-state index contributed by atoms with van der Waals surface area (Å²) < 4.78 is 0.645. The van der Waals surface area contributed by atoms with E-state index in [0.717, 1.165) is 12.0 Å². The number of carbonyl (C=O) groups excluding carboxylic acids is 1. The standard InChI is InChI=1S/C12H12N2OS2/c1-2-6-14-11(15)10(17-12(14)16)7-9-4-3-5-13-8-9/h3-5,7-8H,2,6H2,1H3/b10-7-. The minimum atomic E-state index is 0.00528. The van der Waals surface area contributed by atoms with E-state index in [9.17, 15) is 4.79 Å². The van der Waals surface area contributed by atoms with E-state index in [1.165, 1.54) is 11.8 Å². The third-order valence-corrected chi connectivity index (χ3v) is 3.68. The van der Waals surface area contributed by atoms with Crippen molar-refractivity contribution < 1.29 is 4.79 Å². The van der Waals surface area contributed by atoms with E-state index in [2.05, 4.69) is 4.98 Å². The first-order valence-corrected chi connectivity index (χ1v) is 6.60. The molecule has 0 atom stereocenters. The number of amides is 1. The van der Waals surface area contributed by atoms with Gasteiger partial charge in [0.1, 0.15) is 4.32 Å². The van der Waals surface area contributed by atoms with Gasteiger partial charge in [0.05, 0.1) is 4.91 Å². The summed E-state index contributed by atoms with van der Waals surface area (Å²) in [7, 11) is 0. The molecule has 17 heavy (non-hydrogen) atoms. The zero-order valence-corrected chi connectivity index (χ0v) is 11.1. The van der Waals surface area contributed by atoms with Gasteiger partial charge in [-0.2, -0.15) is 0 Å². The van der Waals surface area contributed by atoms with Gasteiger partial charge >= 0.3 is 0 Å². The maximum absolute atomic E-state index is 12.0. The van der Waals surface area contributed by atoms with E-state index in [0.29, 0.717) is 15.8 Å². The van der Waals surface area contributed by atoms with Gasteiger partial charge in [-0.05, 0) is 24.1 Å². The number of rotatable bonds is 3. The number of nitrogens with zero attached hydrogens (tertiary/aromatic N) is 2. The van der Waals surface area contributed by atoms with Gasteiger partial charge in [-0.1, -0.05) is 37.0 Å². The third kappa shape index (κ3) is 2.73. The Kier molecular flexibility index (Phi) is 3.91. The van der Waals surface area contributed by atoms with Gasteiger partial charge < -0.3 is 0 Å². The van der Waals surface area contributed by atoms with Crippen LogP contribution in [0.2, 0.25) is 0 Å². The van der Waals surface area contributed by atoms with Crippen molar-refractivity contribution in [3.63, 3.8) is 0 Å². The Hall–Kier alpha value is -1.20. The molecule has 1 fully saturated rings. The molecule has 3 nitrogen and oxygen atoms in total. The summed E-state index contributed by atoms with van der Waals surface area (Å²) in [4.78, 5) is 18.4. The molecular weight excluding hydrogens is 252 g/mol. The second-order valence-electron chi connectivity index (χ2n) is 3.62. The molecular formula is C12H12N2OS2. The van der Waals surface area contributed by atoms with Crippen LogP contribution in [0.4, 0.5) is 0 Å². The number of pyridine rings is 1. The highest BCUT2D eigenvalue weighted by molar-refractivity contribution is 8.26. The van der Waals surface area contributed by atoms with Gasteiger partial charge in [0.2, 0.25) is 0 Å². The monoisotopic (exact) mass is 264 g/mol. The number of hydrogen-bond acceptors (Lipinski definition) is 4. The molecule has 1 aromatic heterocycles. The second-order valence-corrected chi connectivity index (χ2v) is 5.30. The van der Waals surface area contributed by atoms with Crippen LogP contribution in [0.5, 0.6) is 0 Å². The van der Waals surface area contributed by atoms with Gasteiger partial charge in [-0.25, -0.2) is 0 Å². The first kappa shape index (κ1) is 12.3. The molecule has 2 rings (SSSR count). The van der Waals surface area contributed by atoms with Crippen LogP contribution < -0.4 is 0 Å². The molecule has 88 valence electrons. The maximum Gasteiger partial charge on any atom is 0.266 e. The average molecular weight is 264 g/mol. The number of carbonyl (C=O) groups is 1. The van der Waals surface area contributed by atoms with Crippen molar-refractivity contribution in [2.75, 3.05) is 6.54 Å². The van der Waals surface area contributed by atoms with Crippen molar-refractivity contribution >= 4 is 40.3 Å². The molecule has 2 heterocycles. The highest BCUT2D eigenvalue weighted by Crippen LogP contribution is 2.32. The number of aromatic nitrogens is 1. The van der Waals surface area contributed by atoms with E-state index in [1.54, 1.807) is 17.3 Å². The molecule has 1 saturated heterocycles. The molecule has 0 bridgehead atoms. The SMILES string of the molecule is CCCN1C(=O)/C(=C/c2cccnc2)SC1=S. The lowest BCUT2D eigenvalue weighted by Gasteiger charge is -2.11. The smallest absolute Gasteiger partial charge is 0.266 e.